The van der Waals surface area contributed by atoms with Crippen molar-refractivity contribution in [2.24, 2.45) is 0 Å². The molecule has 12 aromatic rings. The Labute approximate surface area is 507 Å². The maximum atomic E-state index is 9.57. The molecular formula is C72H71IrN5O2Si2-2. The van der Waals surface area contributed by atoms with Crippen LogP contribution in [-0.4, -0.2) is 35.7 Å². The largest absolute Gasteiger partial charge is 0.501 e. The number of benzene rings is 8. The zero-order chi connectivity index (χ0) is 62.4. The second-order valence-corrected chi connectivity index (χ2v) is 35.2. The SMILES string of the molecule is CC(C)(C)c1ccnc(-c2[c-]cccc2)n1.[2H]C([2H])([2H])c1c[c-]c(-c2nc3cccc(C([2H])([2H])[2H])c3n2-c2c(C(C)C)cc(-c3ccc(-c4cc([Si](C)(C)C)cc([Si](C)(C)C)c4)cc3)cc2C(C)C)c2oc3cc4c(cc3c12)oc1cc(C#N)ccc14.[Ir]. The Morgan fingerprint density at radius 3 is 1.87 bits per heavy atom. The number of aryl methyl sites for hydroxylation is 2. The first-order chi connectivity index (χ1) is 40.9. The van der Waals surface area contributed by atoms with Crippen molar-refractivity contribution in [2.75, 3.05) is 0 Å². The number of imidazole rings is 1. The van der Waals surface area contributed by atoms with Crippen LogP contribution in [-0.2, 0) is 25.5 Å². The van der Waals surface area contributed by atoms with Crippen LogP contribution in [0.5, 0.6) is 0 Å². The number of nitriles is 1. The summed E-state index contributed by atoms with van der Waals surface area (Å²) in [4.78, 5) is 14.1. The molecule has 12 rings (SSSR count). The molecule has 415 valence electrons. The third kappa shape index (κ3) is 10.9. The molecule has 0 spiro atoms. The van der Waals surface area contributed by atoms with Gasteiger partial charge in [-0.05, 0) is 112 Å². The first-order valence-corrected chi connectivity index (χ1v) is 34.8. The Morgan fingerprint density at radius 2 is 1.27 bits per heavy atom. The van der Waals surface area contributed by atoms with Gasteiger partial charge in [0, 0.05) is 67.5 Å². The molecule has 0 N–H and O–H groups in total. The van der Waals surface area contributed by atoms with E-state index in [-0.39, 0.29) is 54.1 Å². The molecule has 0 bridgehead atoms. The number of furan rings is 2. The second kappa shape index (κ2) is 22.0. The van der Waals surface area contributed by atoms with Gasteiger partial charge in [-0.15, -0.1) is 53.6 Å². The summed E-state index contributed by atoms with van der Waals surface area (Å²) >= 11 is 0. The minimum atomic E-state index is -2.55. The number of para-hydroxylation sites is 1. The van der Waals surface area contributed by atoms with Gasteiger partial charge in [0.1, 0.15) is 16.7 Å². The van der Waals surface area contributed by atoms with E-state index in [9.17, 15) is 5.26 Å². The van der Waals surface area contributed by atoms with Crippen molar-refractivity contribution in [3.05, 3.63) is 191 Å². The molecule has 0 fully saturated rings. The summed E-state index contributed by atoms with van der Waals surface area (Å²) in [6.07, 6.45) is 1.81. The molecule has 0 amide bonds. The summed E-state index contributed by atoms with van der Waals surface area (Å²) < 4.78 is 67.7. The maximum Gasteiger partial charge on any atom is 0.136 e. The molecule has 4 aromatic heterocycles. The molecular weight excluding hydrogens is 1220 g/mol. The van der Waals surface area contributed by atoms with E-state index in [1.165, 1.54) is 27.6 Å². The van der Waals surface area contributed by atoms with Gasteiger partial charge in [0.25, 0.3) is 0 Å². The van der Waals surface area contributed by atoms with Crippen LogP contribution in [0.1, 0.15) is 102 Å². The quantitative estimate of drug-likeness (QED) is 0.106. The molecule has 0 aliphatic carbocycles. The predicted octanol–water partition coefficient (Wildman–Crippen LogP) is 18.7. The third-order valence-electron chi connectivity index (χ3n) is 15.4. The van der Waals surface area contributed by atoms with Crippen LogP contribution in [0.2, 0.25) is 39.3 Å². The van der Waals surface area contributed by atoms with Crippen LogP contribution in [0, 0.1) is 37.2 Å². The summed E-state index contributed by atoms with van der Waals surface area (Å²) in [5, 5.41) is 14.9. The van der Waals surface area contributed by atoms with Gasteiger partial charge in [-0.25, -0.2) is 0 Å². The standard InChI is InChI=1S/C58H56N3O2Si2.C14H15N2.Ir/c1-33(2)46-27-41(39-20-18-38(19-21-39)40-25-42(64(7,8)9)29-43(26-40)65(10,11)12)28-47(34(3)4)56(46)61-55-36(6)14-13-15-50(55)60-58(61)45-22-16-35(5)54-49-31-52-48(30-53(49)63-57(45)54)44-23-17-37(32-59)24-51(44)62-52;1-14(2,3)12-9-10-15-13(16-12)11-7-5-4-6-8-11;/h13-21,23-31,33-34H,1-12H3;4-7,9-10H,1-3H3;/q2*-1;/i5D3,6D3;;. The van der Waals surface area contributed by atoms with Crippen LogP contribution in [0.25, 0.3) is 106 Å². The first-order valence-electron chi connectivity index (χ1n) is 30.8. The fourth-order valence-corrected chi connectivity index (χ4v) is 13.3. The molecule has 82 heavy (non-hydrogen) atoms. The van der Waals surface area contributed by atoms with Gasteiger partial charge in [-0.2, -0.15) is 5.26 Å². The van der Waals surface area contributed by atoms with E-state index < -0.39 is 29.9 Å². The molecule has 0 aliphatic rings. The molecule has 0 unspecified atom stereocenters. The van der Waals surface area contributed by atoms with Crippen LogP contribution < -0.4 is 10.4 Å². The molecule has 0 aliphatic heterocycles. The van der Waals surface area contributed by atoms with Gasteiger partial charge in [0.05, 0.1) is 56.0 Å². The van der Waals surface area contributed by atoms with Gasteiger partial charge in [0.15, 0.2) is 0 Å². The van der Waals surface area contributed by atoms with Gasteiger partial charge in [-0.3, -0.25) is 15.0 Å². The van der Waals surface area contributed by atoms with E-state index in [0.29, 0.717) is 55.5 Å². The number of hydrogen-bond donors (Lipinski definition) is 0. The smallest absolute Gasteiger partial charge is 0.136 e. The molecule has 0 saturated heterocycles. The zero-order valence-corrected chi connectivity index (χ0v) is 53.3. The van der Waals surface area contributed by atoms with Crippen molar-refractivity contribution in [1.82, 2.24) is 19.5 Å². The summed E-state index contributed by atoms with van der Waals surface area (Å²) in [5.74, 6) is 1.06. The van der Waals surface area contributed by atoms with E-state index in [1.54, 1.807) is 30.3 Å². The van der Waals surface area contributed by atoms with Crippen LogP contribution in [0.3, 0.4) is 0 Å². The fourth-order valence-electron chi connectivity index (χ4n) is 10.8. The molecule has 1 radical (unpaired) electrons. The van der Waals surface area contributed by atoms with E-state index in [2.05, 4.69) is 171 Å². The van der Waals surface area contributed by atoms with E-state index in [0.717, 1.165) is 55.8 Å². The molecule has 0 atom stereocenters. The molecule has 8 aromatic carbocycles. The predicted molar refractivity (Wildman–Crippen MR) is 344 cm³/mol. The molecule has 0 saturated carbocycles. The van der Waals surface area contributed by atoms with Gasteiger partial charge in [0.2, 0.25) is 0 Å². The average molecular weight is 1290 g/mol. The maximum absolute atomic E-state index is 9.57. The van der Waals surface area contributed by atoms with Crippen molar-refractivity contribution >= 4 is 81.4 Å². The monoisotopic (exact) mass is 1290 g/mol. The van der Waals surface area contributed by atoms with Crippen molar-refractivity contribution < 1.29 is 37.2 Å². The Kier molecular flexibility index (Phi) is 13.5. The van der Waals surface area contributed by atoms with Gasteiger partial charge >= 0.3 is 0 Å². The van der Waals surface area contributed by atoms with E-state index in [1.807, 2.05) is 59.3 Å². The molecule has 7 nitrogen and oxygen atoms in total. The van der Waals surface area contributed by atoms with Crippen LogP contribution in [0.15, 0.2) is 155 Å². The van der Waals surface area contributed by atoms with Crippen molar-refractivity contribution in [1.29, 1.82) is 5.26 Å². The first kappa shape index (κ1) is 50.2. The Bertz CT molecular complexity index is 4630. The van der Waals surface area contributed by atoms with E-state index in [4.69, 9.17) is 22.0 Å². The molecule has 10 heteroatoms. The minimum absolute atomic E-state index is 0. The van der Waals surface area contributed by atoms with Gasteiger partial charge < -0.3 is 13.4 Å². The summed E-state index contributed by atoms with van der Waals surface area (Å²) in [5.41, 5.74) is 13.0. The number of fused-ring (bicyclic) bond motifs is 7. The zero-order valence-electron chi connectivity index (χ0n) is 54.9. The normalized spacial score (nSPS) is 13.6. The third-order valence-corrected chi connectivity index (χ3v) is 19.4. The number of aromatic nitrogens is 4. The fraction of sp³-hybridized carbons (Fsp3) is 0.250. The second-order valence-electron chi connectivity index (χ2n) is 25.1. The Morgan fingerprint density at radius 1 is 0.634 bits per heavy atom. The number of nitrogens with zero attached hydrogens (tertiary/aromatic N) is 5. The van der Waals surface area contributed by atoms with Crippen molar-refractivity contribution in [2.45, 2.75) is 119 Å². The Hall–Kier alpha value is -7.52. The number of hydrogen-bond acceptors (Lipinski definition) is 6. The minimum Gasteiger partial charge on any atom is -0.501 e. The number of rotatable bonds is 9. The Balaban J connectivity index is 0.000000436. The van der Waals surface area contributed by atoms with Crippen LogP contribution in [0.4, 0.5) is 0 Å². The average Bonchev–Trinajstić information content (AvgIpc) is 1.83. The van der Waals surface area contributed by atoms with Gasteiger partial charge in [-0.1, -0.05) is 171 Å². The topological polar surface area (TPSA) is 93.7 Å². The molecule has 4 heterocycles. The van der Waals surface area contributed by atoms with Crippen molar-refractivity contribution in [3.63, 3.8) is 0 Å². The summed E-state index contributed by atoms with van der Waals surface area (Å²) in [7, 11) is -3.19. The van der Waals surface area contributed by atoms with E-state index >= 15 is 0 Å². The van der Waals surface area contributed by atoms with Crippen molar-refractivity contribution in [3.8, 4) is 56.8 Å². The van der Waals surface area contributed by atoms with Crippen LogP contribution >= 0.6 is 0 Å². The summed E-state index contributed by atoms with van der Waals surface area (Å²) in [6, 6.07) is 54.5. The summed E-state index contributed by atoms with van der Waals surface area (Å²) in [6.45, 7) is 24.4.